The molecule has 0 spiro atoms. The van der Waals surface area contributed by atoms with Gasteiger partial charge in [0.15, 0.2) is 0 Å². The predicted octanol–water partition coefficient (Wildman–Crippen LogP) is 0.403. The SMILES string of the molecule is CCNC(=O)[C@@H](C)NS(=O)(=O)c1ccc2c(c1)sc(=O)n2C. The molecule has 2 aromatic rings. The summed E-state index contributed by atoms with van der Waals surface area (Å²) in [5, 5.41) is 2.55. The van der Waals surface area contributed by atoms with Crippen molar-refractivity contribution >= 4 is 37.5 Å². The van der Waals surface area contributed by atoms with E-state index in [-0.39, 0.29) is 9.77 Å². The molecule has 0 bridgehead atoms. The standard InChI is InChI=1S/C13H17N3O4S2/c1-4-14-12(17)8(2)15-22(19,20)9-5-6-10-11(7-9)21-13(18)16(10)3/h5-8,15H,4H2,1-3H3,(H,14,17)/t8-/m1/s1. The minimum absolute atomic E-state index is 0.0259. The van der Waals surface area contributed by atoms with Gasteiger partial charge in [0.1, 0.15) is 0 Å². The van der Waals surface area contributed by atoms with Crippen LogP contribution in [0.3, 0.4) is 0 Å². The fourth-order valence-corrected chi connectivity index (χ4v) is 4.19. The maximum absolute atomic E-state index is 12.3. The van der Waals surface area contributed by atoms with Crippen molar-refractivity contribution < 1.29 is 13.2 Å². The van der Waals surface area contributed by atoms with E-state index < -0.39 is 22.0 Å². The van der Waals surface area contributed by atoms with Crippen LogP contribution in [-0.2, 0) is 21.9 Å². The Morgan fingerprint density at radius 2 is 2.09 bits per heavy atom. The van der Waals surface area contributed by atoms with Gasteiger partial charge in [0.05, 0.1) is 21.2 Å². The molecule has 7 nitrogen and oxygen atoms in total. The third-order valence-electron chi connectivity index (χ3n) is 3.15. The molecule has 0 fully saturated rings. The first-order valence-electron chi connectivity index (χ1n) is 6.66. The molecule has 0 unspecified atom stereocenters. The van der Waals surface area contributed by atoms with Crippen molar-refractivity contribution in [3.05, 3.63) is 27.9 Å². The second kappa shape index (κ2) is 6.19. The summed E-state index contributed by atoms with van der Waals surface area (Å²) < 4.78 is 29.0. The molecule has 22 heavy (non-hydrogen) atoms. The van der Waals surface area contributed by atoms with E-state index in [1.54, 1.807) is 20.0 Å². The lowest BCUT2D eigenvalue weighted by atomic mass is 10.3. The fraction of sp³-hybridized carbons (Fsp3) is 0.385. The van der Waals surface area contributed by atoms with Gasteiger partial charge in [-0.1, -0.05) is 11.3 Å². The third kappa shape index (κ3) is 3.21. The number of aryl methyl sites for hydroxylation is 1. The maximum atomic E-state index is 12.3. The number of aromatic nitrogens is 1. The molecule has 0 aliphatic heterocycles. The number of amides is 1. The number of likely N-dealkylation sites (N-methyl/N-ethyl adjacent to an activating group) is 1. The molecule has 1 aromatic heterocycles. The van der Waals surface area contributed by atoms with Gasteiger partial charge in [-0.2, -0.15) is 4.72 Å². The Morgan fingerprint density at radius 1 is 1.41 bits per heavy atom. The number of carbonyl (C=O) groups excluding carboxylic acids is 1. The summed E-state index contributed by atoms with van der Waals surface area (Å²) in [6.07, 6.45) is 0. The summed E-state index contributed by atoms with van der Waals surface area (Å²) in [4.78, 5) is 23.1. The molecule has 2 N–H and O–H groups in total. The Hall–Kier alpha value is -1.71. The number of benzene rings is 1. The molecule has 120 valence electrons. The summed E-state index contributed by atoms with van der Waals surface area (Å²) >= 11 is 0.978. The predicted molar refractivity (Wildman–Crippen MR) is 85.5 cm³/mol. The fourth-order valence-electron chi connectivity index (χ4n) is 1.96. The molecule has 2 rings (SSSR count). The molecule has 0 radical (unpaired) electrons. The zero-order valence-corrected chi connectivity index (χ0v) is 14.0. The molecular formula is C13H17N3O4S2. The number of fused-ring (bicyclic) bond motifs is 1. The molecule has 0 aliphatic rings. The van der Waals surface area contributed by atoms with E-state index in [2.05, 4.69) is 10.0 Å². The topological polar surface area (TPSA) is 97.3 Å². The molecule has 1 atom stereocenters. The van der Waals surface area contributed by atoms with Gasteiger partial charge in [0.2, 0.25) is 15.9 Å². The Kier molecular flexibility index (Phi) is 4.69. The van der Waals surface area contributed by atoms with Crippen LogP contribution in [-0.4, -0.2) is 31.5 Å². The number of thiazole rings is 1. The zero-order valence-electron chi connectivity index (χ0n) is 12.4. The van der Waals surface area contributed by atoms with Crippen LogP contribution >= 0.6 is 11.3 Å². The molecule has 0 saturated heterocycles. The van der Waals surface area contributed by atoms with E-state index in [4.69, 9.17) is 0 Å². The largest absolute Gasteiger partial charge is 0.355 e. The lowest BCUT2D eigenvalue weighted by Crippen LogP contribution is -2.44. The van der Waals surface area contributed by atoms with Crippen molar-refractivity contribution in [1.82, 2.24) is 14.6 Å². The van der Waals surface area contributed by atoms with Crippen LogP contribution < -0.4 is 14.9 Å². The maximum Gasteiger partial charge on any atom is 0.307 e. The van der Waals surface area contributed by atoms with Crippen LogP contribution in [0, 0.1) is 0 Å². The average Bonchev–Trinajstić information content (AvgIpc) is 2.73. The van der Waals surface area contributed by atoms with Crippen LogP contribution in [0.5, 0.6) is 0 Å². The number of hydrogen-bond donors (Lipinski definition) is 2. The average molecular weight is 343 g/mol. The Morgan fingerprint density at radius 3 is 2.73 bits per heavy atom. The number of rotatable bonds is 5. The van der Waals surface area contributed by atoms with Crippen molar-refractivity contribution in [3.63, 3.8) is 0 Å². The Labute approximate surface area is 132 Å². The molecule has 9 heteroatoms. The van der Waals surface area contributed by atoms with Gasteiger partial charge in [-0.25, -0.2) is 8.42 Å². The first-order chi connectivity index (χ1) is 10.3. The van der Waals surface area contributed by atoms with E-state index in [1.165, 1.54) is 23.6 Å². The summed E-state index contributed by atoms with van der Waals surface area (Å²) in [7, 11) is -2.20. The molecule has 1 aromatic carbocycles. The molecule has 0 aliphatic carbocycles. The minimum Gasteiger partial charge on any atom is -0.355 e. The second-order valence-electron chi connectivity index (χ2n) is 4.79. The van der Waals surface area contributed by atoms with Crippen LogP contribution in [0.1, 0.15) is 13.8 Å². The van der Waals surface area contributed by atoms with E-state index in [1.807, 2.05) is 0 Å². The molecule has 0 saturated carbocycles. The highest BCUT2D eigenvalue weighted by Gasteiger charge is 2.22. The number of nitrogens with one attached hydrogen (secondary N) is 2. The highest BCUT2D eigenvalue weighted by atomic mass is 32.2. The summed E-state index contributed by atoms with van der Waals surface area (Å²) in [5.74, 6) is -0.392. The van der Waals surface area contributed by atoms with E-state index >= 15 is 0 Å². The number of hydrogen-bond acceptors (Lipinski definition) is 5. The van der Waals surface area contributed by atoms with Crippen LogP contribution in [0.4, 0.5) is 0 Å². The third-order valence-corrected chi connectivity index (χ3v) is 5.68. The lowest BCUT2D eigenvalue weighted by Gasteiger charge is -2.13. The quantitative estimate of drug-likeness (QED) is 0.821. The van der Waals surface area contributed by atoms with E-state index in [0.29, 0.717) is 16.8 Å². The van der Waals surface area contributed by atoms with Gasteiger partial charge in [-0.3, -0.25) is 9.59 Å². The van der Waals surface area contributed by atoms with Gasteiger partial charge in [0, 0.05) is 13.6 Å². The van der Waals surface area contributed by atoms with Gasteiger partial charge >= 0.3 is 4.87 Å². The van der Waals surface area contributed by atoms with Gasteiger partial charge in [-0.05, 0) is 32.0 Å². The monoisotopic (exact) mass is 343 g/mol. The highest BCUT2D eigenvalue weighted by molar-refractivity contribution is 7.89. The van der Waals surface area contributed by atoms with Crippen molar-refractivity contribution in [3.8, 4) is 0 Å². The number of nitrogens with zero attached hydrogens (tertiary/aromatic N) is 1. The zero-order chi connectivity index (χ0) is 16.5. The minimum atomic E-state index is -3.83. The normalized spacial score (nSPS) is 13.2. The highest BCUT2D eigenvalue weighted by Crippen LogP contribution is 2.21. The summed E-state index contributed by atoms with van der Waals surface area (Å²) in [5.41, 5.74) is 0.672. The Bertz CT molecular complexity index is 867. The number of sulfonamides is 1. The van der Waals surface area contributed by atoms with Gasteiger partial charge < -0.3 is 9.88 Å². The van der Waals surface area contributed by atoms with Crippen molar-refractivity contribution in [2.75, 3.05) is 6.54 Å². The van der Waals surface area contributed by atoms with E-state index in [0.717, 1.165) is 11.3 Å². The number of carbonyl (C=O) groups is 1. The first kappa shape index (κ1) is 16.7. The second-order valence-corrected chi connectivity index (χ2v) is 7.50. The summed E-state index contributed by atoms with van der Waals surface area (Å²) in [6, 6.07) is 3.56. The molecule has 1 heterocycles. The van der Waals surface area contributed by atoms with Gasteiger partial charge in [0.25, 0.3) is 0 Å². The lowest BCUT2D eigenvalue weighted by molar-refractivity contribution is -0.122. The van der Waals surface area contributed by atoms with Crippen LogP contribution in [0.2, 0.25) is 0 Å². The molecular weight excluding hydrogens is 326 g/mol. The van der Waals surface area contributed by atoms with Crippen molar-refractivity contribution in [2.45, 2.75) is 24.8 Å². The molecule has 1 amide bonds. The van der Waals surface area contributed by atoms with Gasteiger partial charge in [-0.15, -0.1) is 0 Å². The van der Waals surface area contributed by atoms with Crippen LogP contribution in [0.25, 0.3) is 10.2 Å². The smallest absolute Gasteiger partial charge is 0.307 e. The van der Waals surface area contributed by atoms with Crippen molar-refractivity contribution in [2.24, 2.45) is 7.05 Å². The Balaban J connectivity index is 2.33. The van der Waals surface area contributed by atoms with Crippen LogP contribution in [0.15, 0.2) is 27.9 Å². The van der Waals surface area contributed by atoms with Crippen molar-refractivity contribution in [1.29, 1.82) is 0 Å². The summed E-state index contributed by atoms with van der Waals surface area (Å²) in [6.45, 7) is 3.65. The van der Waals surface area contributed by atoms with E-state index in [9.17, 15) is 18.0 Å². The first-order valence-corrected chi connectivity index (χ1v) is 8.96.